The molecule has 0 saturated carbocycles. The molecule has 1 heterocycles. The van der Waals surface area contributed by atoms with Crippen LogP contribution >= 0.6 is 0 Å². The lowest BCUT2D eigenvalue weighted by molar-refractivity contribution is -0.129. The number of amides is 3. The van der Waals surface area contributed by atoms with E-state index < -0.39 is 0 Å². The highest BCUT2D eigenvalue weighted by atomic mass is 16.2. The van der Waals surface area contributed by atoms with Gasteiger partial charge in [0.1, 0.15) is 0 Å². The molecule has 0 bridgehead atoms. The van der Waals surface area contributed by atoms with Gasteiger partial charge in [0.25, 0.3) is 0 Å². The summed E-state index contributed by atoms with van der Waals surface area (Å²) in [6.45, 7) is 3.32. The van der Waals surface area contributed by atoms with Gasteiger partial charge in [0.05, 0.1) is 6.54 Å². The van der Waals surface area contributed by atoms with Crippen molar-refractivity contribution in [1.82, 2.24) is 10.2 Å². The molecule has 0 aromatic heterocycles. The maximum absolute atomic E-state index is 11.9. The van der Waals surface area contributed by atoms with Gasteiger partial charge in [-0.2, -0.15) is 0 Å². The summed E-state index contributed by atoms with van der Waals surface area (Å²) in [6, 6.07) is 7.14. The van der Waals surface area contributed by atoms with Gasteiger partial charge in [-0.15, -0.1) is 0 Å². The van der Waals surface area contributed by atoms with Gasteiger partial charge in [0.2, 0.25) is 5.91 Å². The molecule has 5 heteroatoms. The number of benzene rings is 1. The zero-order chi connectivity index (χ0) is 14.4. The first-order valence-corrected chi connectivity index (χ1v) is 6.69. The van der Waals surface area contributed by atoms with E-state index in [1.54, 1.807) is 4.90 Å². The molecular formula is C15H19N3O2. The van der Waals surface area contributed by atoms with Gasteiger partial charge in [-0.05, 0) is 31.0 Å². The SMILES string of the molecule is Cc1cccc(NC(=O)NCC(=O)N2CC=CCC2)c1. The van der Waals surface area contributed by atoms with E-state index in [1.807, 2.05) is 37.3 Å². The zero-order valence-corrected chi connectivity index (χ0v) is 11.6. The number of rotatable bonds is 3. The number of hydrogen-bond donors (Lipinski definition) is 2. The van der Waals surface area contributed by atoms with Crippen LogP contribution in [-0.4, -0.2) is 36.5 Å². The van der Waals surface area contributed by atoms with Gasteiger partial charge in [0.15, 0.2) is 0 Å². The highest BCUT2D eigenvalue weighted by molar-refractivity contribution is 5.92. The maximum atomic E-state index is 11.9. The van der Waals surface area contributed by atoms with E-state index in [9.17, 15) is 9.59 Å². The van der Waals surface area contributed by atoms with Crippen molar-refractivity contribution < 1.29 is 9.59 Å². The Balaban J connectivity index is 1.77. The number of nitrogens with one attached hydrogen (secondary N) is 2. The third-order valence-electron chi connectivity index (χ3n) is 3.09. The molecule has 0 aliphatic carbocycles. The first kappa shape index (κ1) is 14.1. The molecule has 106 valence electrons. The van der Waals surface area contributed by atoms with Crippen LogP contribution in [0.15, 0.2) is 36.4 Å². The second-order valence-corrected chi connectivity index (χ2v) is 4.78. The maximum Gasteiger partial charge on any atom is 0.319 e. The lowest BCUT2D eigenvalue weighted by atomic mass is 10.2. The first-order chi connectivity index (χ1) is 9.65. The van der Waals surface area contributed by atoms with E-state index in [4.69, 9.17) is 0 Å². The number of carbonyl (C=O) groups excluding carboxylic acids is 2. The van der Waals surface area contributed by atoms with Gasteiger partial charge < -0.3 is 15.5 Å². The summed E-state index contributed by atoms with van der Waals surface area (Å²) in [5.74, 6) is -0.0613. The lowest BCUT2D eigenvalue weighted by Crippen LogP contribution is -2.42. The van der Waals surface area contributed by atoms with Gasteiger partial charge in [-0.25, -0.2) is 4.79 Å². The summed E-state index contributed by atoms with van der Waals surface area (Å²) in [5, 5.41) is 5.29. The minimum Gasteiger partial charge on any atom is -0.337 e. The van der Waals surface area contributed by atoms with E-state index >= 15 is 0 Å². The fourth-order valence-electron chi connectivity index (χ4n) is 2.03. The van der Waals surface area contributed by atoms with Crippen LogP contribution in [0, 0.1) is 6.92 Å². The molecule has 0 spiro atoms. The molecule has 3 amide bonds. The summed E-state index contributed by atoms with van der Waals surface area (Å²) < 4.78 is 0. The smallest absolute Gasteiger partial charge is 0.319 e. The van der Waals surface area contributed by atoms with Crippen molar-refractivity contribution in [3.63, 3.8) is 0 Å². The molecule has 0 fully saturated rings. The van der Waals surface area contributed by atoms with Gasteiger partial charge >= 0.3 is 6.03 Å². The molecule has 1 aliphatic rings. The summed E-state index contributed by atoms with van der Waals surface area (Å²) in [5.41, 5.74) is 1.79. The predicted molar refractivity (Wildman–Crippen MR) is 78.5 cm³/mol. The van der Waals surface area contributed by atoms with Crippen LogP contribution < -0.4 is 10.6 Å². The number of aryl methyl sites for hydroxylation is 1. The third-order valence-corrected chi connectivity index (χ3v) is 3.09. The molecule has 2 rings (SSSR count). The average molecular weight is 273 g/mol. The van der Waals surface area contributed by atoms with Gasteiger partial charge in [-0.3, -0.25) is 4.79 Å². The first-order valence-electron chi connectivity index (χ1n) is 6.69. The van der Waals surface area contributed by atoms with E-state index in [-0.39, 0.29) is 18.5 Å². The van der Waals surface area contributed by atoms with Crippen LogP contribution in [0.25, 0.3) is 0 Å². The van der Waals surface area contributed by atoms with Crippen molar-refractivity contribution in [2.24, 2.45) is 0 Å². The molecular weight excluding hydrogens is 254 g/mol. The van der Waals surface area contributed by atoms with E-state index in [1.165, 1.54) is 0 Å². The summed E-state index contributed by atoms with van der Waals surface area (Å²) in [6.07, 6.45) is 4.90. The van der Waals surface area contributed by atoms with Crippen molar-refractivity contribution >= 4 is 17.6 Å². The lowest BCUT2D eigenvalue weighted by Gasteiger charge is -2.23. The second-order valence-electron chi connectivity index (χ2n) is 4.78. The van der Waals surface area contributed by atoms with E-state index in [2.05, 4.69) is 16.7 Å². The van der Waals surface area contributed by atoms with Crippen LogP contribution in [-0.2, 0) is 4.79 Å². The van der Waals surface area contributed by atoms with Crippen LogP contribution in [0.5, 0.6) is 0 Å². The average Bonchev–Trinajstić information content (AvgIpc) is 2.46. The molecule has 1 aromatic carbocycles. The zero-order valence-electron chi connectivity index (χ0n) is 11.6. The molecule has 1 aliphatic heterocycles. The van der Waals surface area contributed by atoms with Crippen molar-refractivity contribution in [2.75, 3.05) is 25.0 Å². The van der Waals surface area contributed by atoms with Crippen LogP contribution in [0.1, 0.15) is 12.0 Å². The number of carbonyl (C=O) groups is 2. The molecule has 0 radical (unpaired) electrons. The number of nitrogens with zero attached hydrogens (tertiary/aromatic N) is 1. The minimum absolute atomic E-state index is 0.0193. The van der Waals surface area contributed by atoms with E-state index in [0.717, 1.165) is 24.2 Å². The molecule has 0 saturated heterocycles. The predicted octanol–water partition coefficient (Wildman–Crippen LogP) is 1.91. The van der Waals surface area contributed by atoms with Crippen molar-refractivity contribution in [2.45, 2.75) is 13.3 Å². The van der Waals surface area contributed by atoms with Crippen molar-refractivity contribution in [3.05, 3.63) is 42.0 Å². The Morgan fingerprint density at radius 2 is 2.15 bits per heavy atom. The normalized spacial score (nSPS) is 13.9. The number of hydrogen-bond acceptors (Lipinski definition) is 2. The molecule has 1 aromatic rings. The van der Waals surface area contributed by atoms with Gasteiger partial charge in [-0.1, -0.05) is 24.3 Å². The van der Waals surface area contributed by atoms with Crippen molar-refractivity contribution in [1.29, 1.82) is 0 Å². The van der Waals surface area contributed by atoms with Crippen LogP contribution in [0.4, 0.5) is 10.5 Å². The minimum atomic E-state index is -0.364. The molecule has 2 N–H and O–H groups in total. The molecule has 5 nitrogen and oxygen atoms in total. The molecule has 20 heavy (non-hydrogen) atoms. The monoisotopic (exact) mass is 273 g/mol. The Morgan fingerprint density at radius 3 is 2.85 bits per heavy atom. The van der Waals surface area contributed by atoms with Crippen LogP contribution in [0.2, 0.25) is 0 Å². The fourth-order valence-corrected chi connectivity index (χ4v) is 2.03. The number of anilines is 1. The Hall–Kier alpha value is -2.30. The Labute approximate surface area is 118 Å². The summed E-state index contributed by atoms with van der Waals surface area (Å²) >= 11 is 0. The topological polar surface area (TPSA) is 61.4 Å². The van der Waals surface area contributed by atoms with E-state index in [0.29, 0.717) is 6.54 Å². The Bertz CT molecular complexity index is 526. The standard InChI is InChI=1S/C15H19N3O2/c1-12-6-5-7-13(10-12)17-15(20)16-11-14(19)18-8-3-2-4-9-18/h2-3,5-7,10H,4,8-9,11H2,1H3,(H2,16,17,20). The Morgan fingerprint density at radius 1 is 1.30 bits per heavy atom. The van der Waals surface area contributed by atoms with Gasteiger partial charge in [0, 0.05) is 18.8 Å². The summed E-state index contributed by atoms with van der Waals surface area (Å²) in [7, 11) is 0. The fraction of sp³-hybridized carbons (Fsp3) is 0.333. The second kappa shape index (κ2) is 6.75. The molecule has 0 atom stereocenters. The highest BCUT2D eigenvalue weighted by Crippen LogP contribution is 2.09. The van der Waals surface area contributed by atoms with Crippen molar-refractivity contribution in [3.8, 4) is 0 Å². The van der Waals surface area contributed by atoms with Crippen LogP contribution in [0.3, 0.4) is 0 Å². The molecule has 0 unspecified atom stereocenters. The third kappa shape index (κ3) is 4.12. The largest absolute Gasteiger partial charge is 0.337 e. The Kier molecular flexibility index (Phi) is 4.76. The quantitative estimate of drug-likeness (QED) is 0.826. The highest BCUT2D eigenvalue weighted by Gasteiger charge is 2.14. The summed E-state index contributed by atoms with van der Waals surface area (Å²) in [4.78, 5) is 25.3. The number of urea groups is 1.